The third-order valence-corrected chi connectivity index (χ3v) is 2.91. The standard InChI is InChI=1S/C11H15ClN2/c12-9-6-7-11(13-8-9)14-10-4-2-1-3-5-10/h6-8,10H,1-5H2,(H,13,14). The Kier molecular flexibility index (Phi) is 3.25. The lowest BCUT2D eigenvalue weighted by Crippen LogP contribution is -2.22. The van der Waals surface area contributed by atoms with Gasteiger partial charge in [-0.05, 0) is 25.0 Å². The van der Waals surface area contributed by atoms with Gasteiger partial charge in [0.15, 0.2) is 0 Å². The Bertz CT molecular complexity index is 278. The lowest BCUT2D eigenvalue weighted by Gasteiger charge is -2.23. The molecule has 1 saturated carbocycles. The smallest absolute Gasteiger partial charge is 0.126 e. The van der Waals surface area contributed by atoms with E-state index in [4.69, 9.17) is 11.6 Å². The Morgan fingerprint density at radius 3 is 2.64 bits per heavy atom. The van der Waals surface area contributed by atoms with Crippen molar-refractivity contribution in [3.63, 3.8) is 0 Å². The molecular formula is C11H15ClN2. The normalized spacial score (nSPS) is 18.1. The van der Waals surface area contributed by atoms with Crippen molar-refractivity contribution in [2.75, 3.05) is 5.32 Å². The SMILES string of the molecule is Clc1ccc(NC2CCCCC2)nc1. The van der Waals surface area contributed by atoms with Gasteiger partial charge in [-0.3, -0.25) is 0 Å². The Balaban J connectivity index is 1.92. The highest BCUT2D eigenvalue weighted by atomic mass is 35.5. The maximum Gasteiger partial charge on any atom is 0.126 e. The molecule has 14 heavy (non-hydrogen) atoms. The highest BCUT2D eigenvalue weighted by Crippen LogP contribution is 2.21. The maximum atomic E-state index is 5.76. The van der Waals surface area contributed by atoms with E-state index in [-0.39, 0.29) is 0 Å². The van der Waals surface area contributed by atoms with Gasteiger partial charge in [-0.25, -0.2) is 4.98 Å². The lowest BCUT2D eigenvalue weighted by molar-refractivity contribution is 0.462. The summed E-state index contributed by atoms with van der Waals surface area (Å²) in [7, 11) is 0. The van der Waals surface area contributed by atoms with Crippen LogP contribution < -0.4 is 5.32 Å². The molecular weight excluding hydrogens is 196 g/mol. The molecule has 1 aliphatic rings. The molecule has 3 heteroatoms. The van der Waals surface area contributed by atoms with Crippen LogP contribution in [0.1, 0.15) is 32.1 Å². The number of halogens is 1. The summed E-state index contributed by atoms with van der Waals surface area (Å²) >= 11 is 5.76. The minimum Gasteiger partial charge on any atom is -0.367 e. The van der Waals surface area contributed by atoms with Crippen LogP contribution in [-0.2, 0) is 0 Å². The van der Waals surface area contributed by atoms with Gasteiger partial charge < -0.3 is 5.32 Å². The highest BCUT2D eigenvalue weighted by molar-refractivity contribution is 6.30. The Hall–Kier alpha value is -0.760. The molecule has 0 aliphatic heterocycles. The number of hydrogen-bond donors (Lipinski definition) is 1. The van der Waals surface area contributed by atoms with Crippen LogP contribution in [0.4, 0.5) is 5.82 Å². The van der Waals surface area contributed by atoms with Crippen LogP contribution in [-0.4, -0.2) is 11.0 Å². The van der Waals surface area contributed by atoms with Crippen molar-refractivity contribution < 1.29 is 0 Å². The summed E-state index contributed by atoms with van der Waals surface area (Å²) in [6.45, 7) is 0. The molecule has 1 aromatic heterocycles. The molecule has 0 saturated heterocycles. The van der Waals surface area contributed by atoms with Crippen molar-refractivity contribution in [1.82, 2.24) is 4.98 Å². The second-order valence-electron chi connectivity index (χ2n) is 3.84. The summed E-state index contributed by atoms with van der Waals surface area (Å²) in [4.78, 5) is 4.23. The van der Waals surface area contributed by atoms with Crippen LogP contribution in [0, 0.1) is 0 Å². The van der Waals surface area contributed by atoms with Crippen LogP contribution in [0.15, 0.2) is 18.3 Å². The summed E-state index contributed by atoms with van der Waals surface area (Å²) in [5.74, 6) is 0.946. The molecule has 1 aliphatic carbocycles. The van der Waals surface area contributed by atoms with E-state index in [2.05, 4.69) is 10.3 Å². The van der Waals surface area contributed by atoms with Crippen LogP contribution in [0.25, 0.3) is 0 Å². The Morgan fingerprint density at radius 2 is 2.00 bits per heavy atom. The first kappa shape index (κ1) is 9.78. The third-order valence-electron chi connectivity index (χ3n) is 2.68. The second-order valence-corrected chi connectivity index (χ2v) is 4.28. The molecule has 1 fully saturated rings. The van der Waals surface area contributed by atoms with Crippen molar-refractivity contribution in [3.05, 3.63) is 23.4 Å². The van der Waals surface area contributed by atoms with E-state index < -0.39 is 0 Å². The van der Waals surface area contributed by atoms with Crippen LogP contribution >= 0.6 is 11.6 Å². The lowest BCUT2D eigenvalue weighted by atomic mass is 9.95. The van der Waals surface area contributed by atoms with E-state index in [1.807, 2.05) is 12.1 Å². The van der Waals surface area contributed by atoms with Crippen LogP contribution in [0.2, 0.25) is 5.02 Å². The molecule has 0 aromatic carbocycles. The fourth-order valence-electron chi connectivity index (χ4n) is 1.92. The van der Waals surface area contributed by atoms with Gasteiger partial charge in [0, 0.05) is 12.2 Å². The van der Waals surface area contributed by atoms with Crippen molar-refractivity contribution in [2.45, 2.75) is 38.1 Å². The molecule has 1 aromatic rings. The van der Waals surface area contributed by atoms with Gasteiger partial charge >= 0.3 is 0 Å². The average molecular weight is 211 g/mol. The van der Waals surface area contributed by atoms with Gasteiger partial charge in [-0.1, -0.05) is 30.9 Å². The molecule has 0 bridgehead atoms. The molecule has 0 unspecified atom stereocenters. The van der Waals surface area contributed by atoms with Crippen molar-refractivity contribution in [1.29, 1.82) is 0 Å². The van der Waals surface area contributed by atoms with Gasteiger partial charge in [-0.2, -0.15) is 0 Å². The summed E-state index contributed by atoms with van der Waals surface area (Å²) < 4.78 is 0. The number of nitrogens with one attached hydrogen (secondary N) is 1. The minimum absolute atomic E-state index is 0.609. The predicted molar refractivity (Wildman–Crippen MR) is 59.7 cm³/mol. The molecule has 1 N–H and O–H groups in total. The van der Waals surface area contributed by atoms with Crippen molar-refractivity contribution in [3.8, 4) is 0 Å². The minimum atomic E-state index is 0.609. The number of nitrogens with zero attached hydrogens (tertiary/aromatic N) is 1. The summed E-state index contributed by atoms with van der Waals surface area (Å²) in [6.07, 6.45) is 8.28. The molecule has 1 heterocycles. The van der Waals surface area contributed by atoms with Gasteiger partial charge in [-0.15, -0.1) is 0 Å². The van der Waals surface area contributed by atoms with E-state index in [9.17, 15) is 0 Å². The molecule has 0 spiro atoms. The first-order valence-corrected chi connectivity index (χ1v) is 5.60. The number of hydrogen-bond acceptors (Lipinski definition) is 2. The van der Waals surface area contributed by atoms with Crippen molar-refractivity contribution >= 4 is 17.4 Å². The van der Waals surface area contributed by atoms with Crippen LogP contribution in [0.5, 0.6) is 0 Å². The number of rotatable bonds is 2. The average Bonchev–Trinajstić information content (AvgIpc) is 2.23. The van der Waals surface area contributed by atoms with E-state index in [1.54, 1.807) is 6.20 Å². The first-order chi connectivity index (χ1) is 6.84. The predicted octanol–water partition coefficient (Wildman–Crippen LogP) is 3.48. The van der Waals surface area contributed by atoms with Gasteiger partial charge in [0.2, 0.25) is 0 Å². The topological polar surface area (TPSA) is 24.9 Å². The molecule has 0 amide bonds. The van der Waals surface area contributed by atoms with E-state index in [0.717, 1.165) is 5.82 Å². The number of pyridine rings is 1. The van der Waals surface area contributed by atoms with Crippen LogP contribution in [0.3, 0.4) is 0 Å². The maximum absolute atomic E-state index is 5.76. The molecule has 0 radical (unpaired) electrons. The largest absolute Gasteiger partial charge is 0.367 e. The van der Waals surface area contributed by atoms with Gasteiger partial charge in [0.25, 0.3) is 0 Å². The monoisotopic (exact) mass is 210 g/mol. The van der Waals surface area contributed by atoms with E-state index >= 15 is 0 Å². The highest BCUT2D eigenvalue weighted by Gasteiger charge is 2.12. The Morgan fingerprint density at radius 1 is 1.21 bits per heavy atom. The Labute approximate surface area is 89.7 Å². The van der Waals surface area contributed by atoms with E-state index in [1.165, 1.54) is 32.1 Å². The molecule has 2 nitrogen and oxygen atoms in total. The number of anilines is 1. The van der Waals surface area contributed by atoms with Gasteiger partial charge in [0.1, 0.15) is 5.82 Å². The molecule has 2 rings (SSSR count). The van der Waals surface area contributed by atoms with E-state index in [0.29, 0.717) is 11.1 Å². The zero-order chi connectivity index (χ0) is 9.80. The summed E-state index contributed by atoms with van der Waals surface area (Å²) in [5.41, 5.74) is 0. The van der Waals surface area contributed by atoms with Gasteiger partial charge in [0.05, 0.1) is 5.02 Å². The quantitative estimate of drug-likeness (QED) is 0.809. The third kappa shape index (κ3) is 2.61. The summed E-state index contributed by atoms with van der Waals surface area (Å²) in [5, 5.41) is 4.13. The fraction of sp³-hybridized carbons (Fsp3) is 0.545. The molecule has 0 atom stereocenters. The second kappa shape index (κ2) is 4.65. The zero-order valence-corrected chi connectivity index (χ0v) is 8.93. The first-order valence-electron chi connectivity index (χ1n) is 5.23. The summed E-state index contributed by atoms with van der Waals surface area (Å²) in [6, 6.07) is 4.42. The number of aromatic nitrogens is 1. The zero-order valence-electron chi connectivity index (χ0n) is 8.17. The fourth-order valence-corrected chi connectivity index (χ4v) is 2.03. The van der Waals surface area contributed by atoms with Crippen molar-refractivity contribution in [2.24, 2.45) is 0 Å². The molecule has 76 valence electrons.